The predicted octanol–water partition coefficient (Wildman–Crippen LogP) is 3.86. The number of nitrogen functional groups attached to an aromatic ring is 1. The Morgan fingerprint density at radius 3 is 2.67 bits per heavy atom. The van der Waals surface area contributed by atoms with Crippen LogP contribution in [0.3, 0.4) is 0 Å². The number of nitrogens with zero attached hydrogens (tertiary/aromatic N) is 1. The fourth-order valence-electron chi connectivity index (χ4n) is 2.76. The molecule has 1 saturated heterocycles. The number of fused-ring (bicyclic) bond motifs is 1. The van der Waals surface area contributed by atoms with E-state index in [-0.39, 0.29) is 0 Å². The topological polar surface area (TPSA) is 29.3 Å². The van der Waals surface area contributed by atoms with Gasteiger partial charge in [0.25, 0.3) is 0 Å². The smallest absolute Gasteiger partial charge is 0.0366 e. The number of anilines is 1. The summed E-state index contributed by atoms with van der Waals surface area (Å²) >= 11 is 1.82. The van der Waals surface area contributed by atoms with Gasteiger partial charge in [0.1, 0.15) is 0 Å². The standard InChI is InChI=1S/C15H20N2S/c16-13-5-6-14-12(11-18-15(14)9-13)10-17-7-3-1-2-4-8-17/h5-6,9,11H,1-4,7-8,10,16H2. The van der Waals surface area contributed by atoms with Crippen LogP contribution in [-0.2, 0) is 6.54 Å². The predicted molar refractivity (Wildman–Crippen MR) is 80.0 cm³/mol. The van der Waals surface area contributed by atoms with E-state index in [2.05, 4.69) is 22.4 Å². The Balaban J connectivity index is 1.81. The lowest BCUT2D eigenvalue weighted by Gasteiger charge is -2.19. The molecule has 3 heteroatoms. The molecule has 0 aliphatic carbocycles. The van der Waals surface area contributed by atoms with E-state index in [1.54, 1.807) is 0 Å². The van der Waals surface area contributed by atoms with Gasteiger partial charge in [0, 0.05) is 16.9 Å². The van der Waals surface area contributed by atoms with Crippen molar-refractivity contribution in [3.63, 3.8) is 0 Å². The van der Waals surface area contributed by atoms with E-state index < -0.39 is 0 Å². The lowest BCUT2D eigenvalue weighted by molar-refractivity contribution is 0.278. The zero-order chi connectivity index (χ0) is 12.4. The van der Waals surface area contributed by atoms with Crippen molar-refractivity contribution in [1.29, 1.82) is 0 Å². The van der Waals surface area contributed by atoms with Crippen LogP contribution >= 0.6 is 11.3 Å². The molecule has 0 unspecified atom stereocenters. The van der Waals surface area contributed by atoms with Crippen molar-refractivity contribution in [3.8, 4) is 0 Å². The van der Waals surface area contributed by atoms with Crippen LogP contribution in [0.5, 0.6) is 0 Å². The van der Waals surface area contributed by atoms with Crippen LogP contribution in [0.25, 0.3) is 10.1 Å². The highest BCUT2D eigenvalue weighted by Crippen LogP contribution is 2.29. The van der Waals surface area contributed by atoms with Gasteiger partial charge >= 0.3 is 0 Å². The Morgan fingerprint density at radius 2 is 1.89 bits per heavy atom. The summed E-state index contributed by atoms with van der Waals surface area (Å²) < 4.78 is 1.32. The summed E-state index contributed by atoms with van der Waals surface area (Å²) in [6, 6.07) is 6.28. The van der Waals surface area contributed by atoms with Gasteiger partial charge in [-0.25, -0.2) is 0 Å². The first-order chi connectivity index (χ1) is 8.83. The van der Waals surface area contributed by atoms with Crippen molar-refractivity contribution in [1.82, 2.24) is 4.90 Å². The number of nitrogens with two attached hydrogens (primary N) is 1. The molecule has 1 aliphatic rings. The number of rotatable bonds is 2. The zero-order valence-electron chi connectivity index (χ0n) is 10.7. The summed E-state index contributed by atoms with van der Waals surface area (Å²) in [6.07, 6.45) is 5.51. The van der Waals surface area contributed by atoms with E-state index in [1.807, 2.05) is 17.4 Å². The summed E-state index contributed by atoms with van der Waals surface area (Å²) in [7, 11) is 0. The highest BCUT2D eigenvalue weighted by molar-refractivity contribution is 7.17. The van der Waals surface area contributed by atoms with Gasteiger partial charge in [-0.15, -0.1) is 11.3 Å². The molecule has 0 bridgehead atoms. The molecule has 18 heavy (non-hydrogen) atoms. The molecule has 0 saturated carbocycles. The summed E-state index contributed by atoms with van der Waals surface area (Å²) in [4.78, 5) is 2.60. The minimum atomic E-state index is 0.866. The average Bonchev–Trinajstić information content (AvgIpc) is 2.59. The summed E-state index contributed by atoms with van der Waals surface area (Å²) in [5.41, 5.74) is 8.17. The van der Waals surface area contributed by atoms with Crippen LogP contribution < -0.4 is 5.73 Å². The maximum atomic E-state index is 5.83. The molecule has 3 rings (SSSR count). The minimum absolute atomic E-state index is 0.866. The maximum absolute atomic E-state index is 5.83. The quantitative estimate of drug-likeness (QED) is 0.831. The molecule has 2 nitrogen and oxygen atoms in total. The number of thiophene rings is 1. The highest BCUT2D eigenvalue weighted by atomic mass is 32.1. The molecule has 1 aromatic heterocycles. The molecule has 2 N–H and O–H groups in total. The van der Waals surface area contributed by atoms with Gasteiger partial charge < -0.3 is 5.73 Å². The molecular formula is C15H20N2S. The van der Waals surface area contributed by atoms with Crippen LogP contribution in [0.2, 0.25) is 0 Å². The Kier molecular flexibility index (Phi) is 3.52. The van der Waals surface area contributed by atoms with Gasteiger partial charge in [0.05, 0.1) is 0 Å². The van der Waals surface area contributed by atoms with Crippen LogP contribution in [0.4, 0.5) is 5.69 Å². The van der Waals surface area contributed by atoms with Crippen LogP contribution in [0, 0.1) is 0 Å². The fraction of sp³-hybridized carbons (Fsp3) is 0.467. The molecule has 0 spiro atoms. The summed E-state index contributed by atoms with van der Waals surface area (Å²) in [5.74, 6) is 0. The minimum Gasteiger partial charge on any atom is -0.399 e. The molecule has 1 aliphatic heterocycles. The van der Waals surface area contributed by atoms with Crippen LogP contribution in [0.1, 0.15) is 31.2 Å². The van der Waals surface area contributed by atoms with Gasteiger partial charge in [-0.2, -0.15) is 0 Å². The first-order valence-electron chi connectivity index (χ1n) is 6.81. The lowest BCUT2D eigenvalue weighted by atomic mass is 10.1. The average molecular weight is 260 g/mol. The zero-order valence-corrected chi connectivity index (χ0v) is 11.5. The largest absolute Gasteiger partial charge is 0.399 e. The first kappa shape index (κ1) is 12.0. The van der Waals surface area contributed by atoms with Crippen LogP contribution in [-0.4, -0.2) is 18.0 Å². The van der Waals surface area contributed by atoms with Crippen LogP contribution in [0.15, 0.2) is 23.6 Å². The number of hydrogen-bond acceptors (Lipinski definition) is 3. The van der Waals surface area contributed by atoms with Crippen molar-refractivity contribution < 1.29 is 0 Å². The molecule has 96 valence electrons. The SMILES string of the molecule is Nc1ccc2c(CN3CCCCCC3)csc2c1. The van der Waals surface area contributed by atoms with Crippen molar-refractivity contribution in [2.45, 2.75) is 32.2 Å². The molecule has 2 heterocycles. The molecule has 0 amide bonds. The normalized spacial score (nSPS) is 18.0. The Bertz CT molecular complexity index is 524. The van der Waals surface area contributed by atoms with Crippen molar-refractivity contribution in [3.05, 3.63) is 29.1 Å². The second-order valence-electron chi connectivity index (χ2n) is 5.21. The molecular weight excluding hydrogens is 240 g/mol. The van der Waals surface area contributed by atoms with E-state index in [1.165, 1.54) is 54.4 Å². The Labute approximate surface area is 112 Å². The molecule has 0 radical (unpaired) electrons. The van der Waals surface area contributed by atoms with Gasteiger partial charge in [0.15, 0.2) is 0 Å². The maximum Gasteiger partial charge on any atom is 0.0366 e. The summed E-state index contributed by atoms with van der Waals surface area (Å²) in [5, 5.41) is 3.69. The van der Waals surface area contributed by atoms with Gasteiger partial charge in [-0.1, -0.05) is 18.9 Å². The summed E-state index contributed by atoms with van der Waals surface area (Å²) in [6.45, 7) is 3.61. The molecule has 2 aromatic rings. The van der Waals surface area contributed by atoms with E-state index in [0.29, 0.717) is 0 Å². The third kappa shape index (κ3) is 2.52. The molecule has 1 fully saturated rings. The monoisotopic (exact) mass is 260 g/mol. The van der Waals surface area contributed by atoms with E-state index in [9.17, 15) is 0 Å². The second kappa shape index (κ2) is 5.29. The lowest BCUT2D eigenvalue weighted by Crippen LogP contribution is -2.23. The van der Waals surface area contributed by atoms with Gasteiger partial charge in [0.2, 0.25) is 0 Å². The Hall–Kier alpha value is -1.06. The number of hydrogen-bond donors (Lipinski definition) is 1. The van der Waals surface area contributed by atoms with E-state index >= 15 is 0 Å². The third-order valence-electron chi connectivity index (χ3n) is 3.77. The van der Waals surface area contributed by atoms with E-state index in [4.69, 9.17) is 5.73 Å². The van der Waals surface area contributed by atoms with Crippen molar-refractivity contribution in [2.75, 3.05) is 18.8 Å². The second-order valence-corrected chi connectivity index (χ2v) is 6.12. The first-order valence-corrected chi connectivity index (χ1v) is 7.69. The Morgan fingerprint density at radius 1 is 1.11 bits per heavy atom. The molecule has 0 atom stereocenters. The highest BCUT2D eigenvalue weighted by Gasteiger charge is 2.12. The van der Waals surface area contributed by atoms with Crippen molar-refractivity contribution >= 4 is 27.1 Å². The van der Waals surface area contributed by atoms with Gasteiger partial charge in [-0.3, -0.25) is 4.90 Å². The third-order valence-corrected chi connectivity index (χ3v) is 4.77. The number of benzene rings is 1. The van der Waals surface area contributed by atoms with E-state index in [0.717, 1.165) is 12.2 Å². The number of likely N-dealkylation sites (tertiary alicyclic amines) is 1. The fourth-order valence-corrected chi connectivity index (χ4v) is 3.76. The van der Waals surface area contributed by atoms with Crippen molar-refractivity contribution in [2.24, 2.45) is 0 Å². The molecule has 1 aromatic carbocycles. The van der Waals surface area contributed by atoms with Gasteiger partial charge in [-0.05, 0) is 54.4 Å².